The highest BCUT2D eigenvalue weighted by Crippen LogP contribution is 2.32. The number of furan rings is 1. The van der Waals surface area contributed by atoms with Gasteiger partial charge in [-0.3, -0.25) is 10.3 Å². The van der Waals surface area contributed by atoms with E-state index >= 15 is 0 Å². The van der Waals surface area contributed by atoms with Crippen LogP contribution in [0.1, 0.15) is 22.2 Å². The molecule has 3 aromatic rings. The Morgan fingerprint density at radius 3 is 3.00 bits per heavy atom. The lowest BCUT2D eigenvalue weighted by Crippen LogP contribution is -2.40. The molecular formula is C19H16N4OS. The predicted molar refractivity (Wildman–Crippen MR) is 99.9 cm³/mol. The molecule has 0 amide bonds. The summed E-state index contributed by atoms with van der Waals surface area (Å²) in [7, 11) is 0. The van der Waals surface area contributed by atoms with Crippen LogP contribution in [0.4, 0.5) is 5.82 Å². The molecule has 4 heterocycles. The maximum Gasteiger partial charge on any atom is 0.152 e. The van der Waals surface area contributed by atoms with Crippen molar-refractivity contribution in [1.82, 2.24) is 10.3 Å². The second-order valence-corrected chi connectivity index (χ2v) is 6.50. The highest BCUT2D eigenvalue weighted by molar-refractivity contribution is 7.10. The third-order valence-electron chi connectivity index (χ3n) is 3.95. The molecular weight excluding hydrogens is 332 g/mol. The molecule has 0 saturated heterocycles. The first-order valence-electron chi connectivity index (χ1n) is 7.90. The molecule has 1 aliphatic rings. The maximum absolute atomic E-state index is 5.63. The van der Waals surface area contributed by atoms with Gasteiger partial charge in [0.2, 0.25) is 0 Å². The van der Waals surface area contributed by atoms with E-state index in [0.29, 0.717) is 6.54 Å². The Bertz CT molecular complexity index is 909. The first-order valence-corrected chi connectivity index (χ1v) is 8.78. The highest BCUT2D eigenvalue weighted by Gasteiger charge is 2.30. The monoisotopic (exact) mass is 348 g/mol. The minimum absolute atomic E-state index is 0.150. The quantitative estimate of drug-likeness (QED) is 0.710. The molecule has 0 bridgehead atoms. The molecule has 2 N–H and O–H groups in total. The van der Waals surface area contributed by atoms with Crippen LogP contribution in [0.15, 0.2) is 63.6 Å². The number of nitrogens with one attached hydrogen (secondary N) is 2. The number of thiophene rings is 1. The van der Waals surface area contributed by atoms with Crippen molar-refractivity contribution in [3.63, 3.8) is 0 Å². The molecule has 0 fully saturated rings. The van der Waals surface area contributed by atoms with Gasteiger partial charge in [-0.05, 0) is 35.7 Å². The van der Waals surface area contributed by atoms with E-state index in [-0.39, 0.29) is 12.2 Å². The third-order valence-corrected chi connectivity index (χ3v) is 4.90. The van der Waals surface area contributed by atoms with E-state index in [1.54, 1.807) is 23.8 Å². The number of fused-ring (bicyclic) bond motifs is 1. The van der Waals surface area contributed by atoms with Crippen LogP contribution in [0.2, 0.25) is 0 Å². The van der Waals surface area contributed by atoms with E-state index in [9.17, 15) is 0 Å². The summed E-state index contributed by atoms with van der Waals surface area (Å²) in [5, 5.41) is 8.84. The van der Waals surface area contributed by atoms with Gasteiger partial charge in [-0.25, -0.2) is 4.98 Å². The van der Waals surface area contributed by atoms with Crippen molar-refractivity contribution in [2.24, 2.45) is 4.99 Å². The summed E-state index contributed by atoms with van der Waals surface area (Å²) in [6, 6.07) is 11.6. The van der Waals surface area contributed by atoms with Crippen molar-refractivity contribution in [1.29, 1.82) is 0 Å². The van der Waals surface area contributed by atoms with Crippen LogP contribution < -0.4 is 10.6 Å². The van der Waals surface area contributed by atoms with Gasteiger partial charge >= 0.3 is 0 Å². The van der Waals surface area contributed by atoms with Gasteiger partial charge in [0, 0.05) is 16.6 Å². The minimum atomic E-state index is -0.171. The smallest absolute Gasteiger partial charge is 0.152 e. The first kappa shape index (κ1) is 15.6. The van der Waals surface area contributed by atoms with Gasteiger partial charge in [0.1, 0.15) is 23.7 Å². The molecule has 5 nitrogen and oxygen atoms in total. The van der Waals surface area contributed by atoms with Crippen LogP contribution in [0, 0.1) is 12.3 Å². The minimum Gasteiger partial charge on any atom is -0.463 e. The zero-order valence-corrected chi connectivity index (χ0v) is 14.2. The summed E-state index contributed by atoms with van der Waals surface area (Å²) in [5.74, 6) is 4.10. The van der Waals surface area contributed by atoms with Crippen LogP contribution in [0.3, 0.4) is 0 Å². The van der Waals surface area contributed by atoms with Crippen molar-refractivity contribution >= 4 is 22.9 Å². The Balaban J connectivity index is 1.86. The number of terminal acetylenes is 1. The molecule has 2 atom stereocenters. The Morgan fingerprint density at radius 2 is 2.24 bits per heavy atom. The number of aromatic nitrogens is 1. The standard InChI is InChI=1S/C19H16N4OS/c1-2-9-20-19-17(15-8-5-12-25-15)22-16(14-7-4-11-24-14)13-6-3-10-21-18(13)23-19/h1,3-8,10-12,17,19-20H,9H2,(H,21,23). The molecule has 2 unspecified atom stereocenters. The molecule has 4 rings (SSSR count). The van der Waals surface area contributed by atoms with E-state index in [0.717, 1.165) is 27.7 Å². The van der Waals surface area contributed by atoms with Crippen molar-refractivity contribution in [3.05, 3.63) is 70.4 Å². The SMILES string of the molecule is C#CCNC1Nc2ncccc2C(c2ccco2)=NC1c1cccs1. The van der Waals surface area contributed by atoms with E-state index in [4.69, 9.17) is 15.8 Å². The summed E-state index contributed by atoms with van der Waals surface area (Å²) >= 11 is 1.66. The lowest BCUT2D eigenvalue weighted by molar-refractivity contribution is 0.510. The number of rotatable bonds is 4. The van der Waals surface area contributed by atoms with Gasteiger partial charge < -0.3 is 9.73 Å². The largest absolute Gasteiger partial charge is 0.463 e. The zero-order valence-electron chi connectivity index (χ0n) is 13.3. The van der Waals surface area contributed by atoms with Gasteiger partial charge in [0.25, 0.3) is 0 Å². The van der Waals surface area contributed by atoms with Gasteiger partial charge in [-0.15, -0.1) is 17.8 Å². The molecule has 25 heavy (non-hydrogen) atoms. The lowest BCUT2D eigenvalue weighted by Gasteiger charge is -2.24. The van der Waals surface area contributed by atoms with Crippen molar-refractivity contribution in [3.8, 4) is 12.3 Å². The Kier molecular flexibility index (Phi) is 4.34. The third kappa shape index (κ3) is 3.07. The number of pyridine rings is 1. The van der Waals surface area contributed by atoms with Crippen molar-refractivity contribution < 1.29 is 4.42 Å². The second-order valence-electron chi connectivity index (χ2n) is 5.52. The van der Waals surface area contributed by atoms with Crippen molar-refractivity contribution in [2.45, 2.75) is 12.2 Å². The number of anilines is 1. The average Bonchev–Trinajstić information content (AvgIpc) is 3.32. The maximum atomic E-state index is 5.63. The lowest BCUT2D eigenvalue weighted by atomic mass is 10.1. The fourth-order valence-electron chi connectivity index (χ4n) is 2.85. The zero-order chi connectivity index (χ0) is 17.1. The fourth-order valence-corrected chi connectivity index (χ4v) is 3.65. The Hall–Kier alpha value is -2.88. The molecule has 6 heteroatoms. The molecule has 0 spiro atoms. The van der Waals surface area contributed by atoms with Gasteiger partial charge in [-0.1, -0.05) is 12.0 Å². The average molecular weight is 348 g/mol. The summed E-state index contributed by atoms with van der Waals surface area (Å²) in [5.41, 5.74) is 1.69. The number of hydrogen-bond donors (Lipinski definition) is 2. The van der Waals surface area contributed by atoms with Crippen LogP contribution in [-0.2, 0) is 0 Å². The van der Waals surface area contributed by atoms with E-state index < -0.39 is 0 Å². The summed E-state index contributed by atoms with van der Waals surface area (Å²) < 4.78 is 5.63. The molecule has 0 radical (unpaired) electrons. The molecule has 3 aromatic heterocycles. The van der Waals surface area contributed by atoms with Crippen molar-refractivity contribution in [2.75, 3.05) is 11.9 Å². The Morgan fingerprint density at radius 1 is 1.28 bits per heavy atom. The van der Waals surface area contributed by atoms with Gasteiger partial charge in [0.05, 0.1) is 12.8 Å². The summed E-state index contributed by atoms with van der Waals surface area (Å²) in [6.07, 6.45) is 8.69. The molecule has 0 saturated carbocycles. The molecule has 124 valence electrons. The van der Waals surface area contributed by atoms with Crippen LogP contribution in [-0.4, -0.2) is 23.4 Å². The summed E-state index contributed by atoms with van der Waals surface area (Å²) in [4.78, 5) is 10.7. The van der Waals surface area contributed by atoms with E-state index in [2.05, 4.69) is 27.6 Å². The van der Waals surface area contributed by atoms with E-state index in [1.807, 2.05) is 35.7 Å². The highest BCUT2D eigenvalue weighted by atomic mass is 32.1. The number of nitrogens with zero attached hydrogens (tertiary/aromatic N) is 2. The normalized spacial score (nSPS) is 19.2. The topological polar surface area (TPSA) is 62.5 Å². The first-order chi connectivity index (χ1) is 12.4. The van der Waals surface area contributed by atoms with Crippen LogP contribution in [0.25, 0.3) is 0 Å². The van der Waals surface area contributed by atoms with Gasteiger partial charge in [0.15, 0.2) is 5.76 Å². The summed E-state index contributed by atoms with van der Waals surface area (Å²) in [6.45, 7) is 0.438. The molecule has 0 aliphatic carbocycles. The predicted octanol–water partition coefficient (Wildman–Crippen LogP) is 3.29. The molecule has 1 aliphatic heterocycles. The van der Waals surface area contributed by atoms with E-state index in [1.165, 1.54) is 0 Å². The Labute approximate surface area is 149 Å². The fraction of sp³-hybridized carbons (Fsp3) is 0.158. The molecule has 0 aromatic carbocycles. The second kappa shape index (κ2) is 6.93. The van der Waals surface area contributed by atoms with Crippen LogP contribution >= 0.6 is 11.3 Å². The van der Waals surface area contributed by atoms with Crippen LogP contribution in [0.5, 0.6) is 0 Å². The number of hydrogen-bond acceptors (Lipinski definition) is 6. The number of aliphatic imine (C=N–C) groups is 1. The van der Waals surface area contributed by atoms with Gasteiger partial charge in [-0.2, -0.15) is 0 Å².